The number of esters is 2. The summed E-state index contributed by atoms with van der Waals surface area (Å²) in [5.74, 6) is -0.438. The smallest absolute Gasteiger partial charge is 0.330 e. The minimum Gasteiger partial charge on any atom is -0.507 e. The Hall–Kier alpha value is -3.70. The van der Waals surface area contributed by atoms with Crippen LogP contribution in [0.1, 0.15) is 103 Å². The molecule has 2 heterocycles. The van der Waals surface area contributed by atoms with Crippen LogP contribution in [0, 0.1) is 30.1 Å². The van der Waals surface area contributed by atoms with Gasteiger partial charge in [0.25, 0.3) is 0 Å². The summed E-state index contributed by atoms with van der Waals surface area (Å²) in [5, 5.41) is 21.0. The number of hydrogen-bond donors (Lipinski definition) is 2. The van der Waals surface area contributed by atoms with Crippen molar-refractivity contribution in [3.63, 3.8) is 0 Å². The first-order chi connectivity index (χ1) is 24.4. The van der Waals surface area contributed by atoms with E-state index < -0.39 is 40.8 Å². The highest BCUT2D eigenvalue weighted by molar-refractivity contribution is 5.87. The number of hydrogen-bond acceptors (Lipinski definition) is 10. The quantitative estimate of drug-likeness (QED) is 0.183. The number of aryl methyl sites for hydroxylation is 2. The Morgan fingerprint density at radius 2 is 0.962 bits per heavy atom. The van der Waals surface area contributed by atoms with Crippen LogP contribution < -0.4 is 0 Å². The van der Waals surface area contributed by atoms with Crippen LogP contribution in [-0.4, -0.2) is 74.4 Å². The SMILES string of the molecule is Cc1cc(C=CC(=O)OCC(C)(C)C2OCC3(CO2)COC(C(C)(C)COC(=O)C=Cc2cc(C)c(O)c(C(C)(C)C)c2)OC3)cc(C(C)(C)C)c1O. The molecule has 2 saturated heterocycles. The van der Waals surface area contributed by atoms with Gasteiger partial charge in [0.15, 0.2) is 12.6 Å². The highest BCUT2D eigenvalue weighted by atomic mass is 16.7. The zero-order valence-corrected chi connectivity index (χ0v) is 33.7. The van der Waals surface area contributed by atoms with E-state index >= 15 is 0 Å². The first-order valence-corrected chi connectivity index (χ1v) is 18.3. The van der Waals surface area contributed by atoms with E-state index in [1.54, 1.807) is 12.2 Å². The average Bonchev–Trinajstić information content (AvgIpc) is 3.06. The molecule has 2 N–H and O–H groups in total. The van der Waals surface area contributed by atoms with Crippen LogP contribution in [-0.2, 0) is 48.8 Å². The fraction of sp³-hybridized carbons (Fsp3) is 0.581. The van der Waals surface area contributed by atoms with Gasteiger partial charge in [-0.15, -0.1) is 0 Å². The standard InChI is InChI=1S/C43H60O10/c1-27-17-29(19-31(35(27)46)39(3,4)5)13-15-33(44)48-21-41(9,10)37-50-23-43(24-51-37)25-52-38(53-26-43)42(11,12)22-49-34(45)16-14-30-18-28(2)36(47)32(20-30)40(6,7)8/h13-20,37-38,46-47H,21-26H2,1-12H3. The highest BCUT2D eigenvalue weighted by Crippen LogP contribution is 2.39. The van der Waals surface area contributed by atoms with Crippen LogP contribution in [0.4, 0.5) is 0 Å². The number of carbonyl (C=O) groups is 2. The molecule has 53 heavy (non-hydrogen) atoms. The molecule has 10 heteroatoms. The summed E-state index contributed by atoms with van der Waals surface area (Å²) in [6, 6.07) is 7.43. The molecule has 0 unspecified atom stereocenters. The van der Waals surface area contributed by atoms with Crippen LogP contribution >= 0.6 is 0 Å². The highest BCUT2D eigenvalue weighted by Gasteiger charge is 2.48. The normalized spacial score (nSPS) is 21.7. The third-order valence-corrected chi connectivity index (χ3v) is 9.70. The minimum absolute atomic E-state index is 0.0827. The van der Waals surface area contributed by atoms with Crippen molar-refractivity contribution >= 4 is 24.1 Å². The van der Waals surface area contributed by atoms with Gasteiger partial charge in [-0.2, -0.15) is 0 Å². The summed E-state index contributed by atoms with van der Waals surface area (Å²) < 4.78 is 35.8. The van der Waals surface area contributed by atoms with E-state index in [1.165, 1.54) is 12.2 Å². The van der Waals surface area contributed by atoms with Crippen molar-refractivity contribution in [2.45, 2.75) is 106 Å². The fourth-order valence-electron chi connectivity index (χ4n) is 6.28. The molecule has 4 rings (SSSR count). The molecule has 0 aliphatic carbocycles. The van der Waals surface area contributed by atoms with E-state index in [0.717, 1.165) is 33.4 Å². The van der Waals surface area contributed by atoms with Gasteiger partial charge < -0.3 is 38.6 Å². The molecule has 10 nitrogen and oxygen atoms in total. The second kappa shape index (κ2) is 16.0. The molecule has 292 valence electrons. The second-order valence-electron chi connectivity index (χ2n) is 18.2. The molecule has 2 aliphatic heterocycles. The summed E-state index contributed by atoms with van der Waals surface area (Å²) in [7, 11) is 0. The third-order valence-electron chi connectivity index (χ3n) is 9.70. The zero-order chi connectivity index (χ0) is 39.6. The summed E-state index contributed by atoms with van der Waals surface area (Å²) in [4.78, 5) is 25.3. The molecule has 1 spiro atoms. The van der Waals surface area contributed by atoms with Crippen LogP contribution in [0.2, 0.25) is 0 Å². The Balaban J connectivity index is 1.23. The van der Waals surface area contributed by atoms with Gasteiger partial charge >= 0.3 is 11.9 Å². The molecule has 0 radical (unpaired) electrons. The number of ether oxygens (including phenoxy) is 6. The number of rotatable bonds is 10. The second-order valence-corrected chi connectivity index (χ2v) is 18.2. The molecule has 2 aliphatic rings. The van der Waals surface area contributed by atoms with E-state index in [-0.39, 0.29) is 35.5 Å². The molecular weight excluding hydrogens is 676 g/mol. The maximum absolute atomic E-state index is 12.7. The van der Waals surface area contributed by atoms with Gasteiger partial charge in [-0.1, -0.05) is 69.2 Å². The fourth-order valence-corrected chi connectivity index (χ4v) is 6.28. The van der Waals surface area contributed by atoms with Gasteiger partial charge in [0, 0.05) is 34.1 Å². The van der Waals surface area contributed by atoms with Crippen molar-refractivity contribution in [2.24, 2.45) is 16.2 Å². The maximum Gasteiger partial charge on any atom is 0.330 e. The van der Waals surface area contributed by atoms with Gasteiger partial charge in [0.05, 0.1) is 31.8 Å². The predicted octanol–water partition coefficient (Wildman–Crippen LogP) is 7.91. The summed E-state index contributed by atoms with van der Waals surface area (Å²) in [5.41, 5.74) is 2.45. The van der Waals surface area contributed by atoms with Crippen molar-refractivity contribution in [3.8, 4) is 11.5 Å². The van der Waals surface area contributed by atoms with E-state index in [2.05, 4.69) is 0 Å². The third kappa shape index (κ3) is 10.7. The van der Waals surface area contributed by atoms with Gasteiger partial charge in [0.2, 0.25) is 0 Å². The lowest BCUT2D eigenvalue weighted by Crippen LogP contribution is -2.57. The largest absolute Gasteiger partial charge is 0.507 e. The maximum atomic E-state index is 12.7. The first-order valence-electron chi connectivity index (χ1n) is 18.3. The minimum atomic E-state index is -0.630. The number of phenolic OH excluding ortho intramolecular Hbond substituents is 2. The predicted molar refractivity (Wildman–Crippen MR) is 204 cm³/mol. The monoisotopic (exact) mass is 736 g/mol. The first kappa shape index (κ1) is 42.0. The van der Waals surface area contributed by atoms with E-state index in [9.17, 15) is 19.8 Å². The van der Waals surface area contributed by atoms with Crippen LogP contribution in [0.15, 0.2) is 36.4 Å². The van der Waals surface area contributed by atoms with Crippen molar-refractivity contribution in [1.29, 1.82) is 0 Å². The van der Waals surface area contributed by atoms with Gasteiger partial charge in [-0.05, 0) is 83.3 Å². The molecule has 0 bridgehead atoms. The lowest BCUT2D eigenvalue weighted by atomic mass is 9.84. The lowest BCUT2D eigenvalue weighted by Gasteiger charge is -2.48. The Labute approximate surface area is 315 Å². The number of benzene rings is 2. The van der Waals surface area contributed by atoms with Gasteiger partial charge in [-0.3, -0.25) is 0 Å². The van der Waals surface area contributed by atoms with Crippen LogP contribution in [0.3, 0.4) is 0 Å². The van der Waals surface area contributed by atoms with E-state index in [1.807, 2.05) is 107 Å². The number of phenols is 2. The van der Waals surface area contributed by atoms with Crippen molar-refractivity contribution < 1.29 is 48.2 Å². The Kier molecular flexibility index (Phi) is 12.7. The topological polar surface area (TPSA) is 130 Å². The zero-order valence-electron chi connectivity index (χ0n) is 33.7. The van der Waals surface area contributed by atoms with Crippen LogP contribution in [0.25, 0.3) is 12.2 Å². The van der Waals surface area contributed by atoms with Gasteiger partial charge in [-0.25, -0.2) is 9.59 Å². The Bertz CT molecular complexity index is 1560. The average molecular weight is 737 g/mol. The Morgan fingerprint density at radius 3 is 1.26 bits per heavy atom. The van der Waals surface area contributed by atoms with Crippen LogP contribution in [0.5, 0.6) is 11.5 Å². The molecule has 0 aromatic heterocycles. The number of carbonyl (C=O) groups excluding carboxylic acids is 2. The number of aromatic hydroxyl groups is 2. The lowest BCUT2D eigenvalue weighted by molar-refractivity contribution is -0.337. The van der Waals surface area contributed by atoms with E-state index in [4.69, 9.17) is 28.4 Å². The molecule has 2 fully saturated rings. The van der Waals surface area contributed by atoms with E-state index in [0.29, 0.717) is 26.4 Å². The van der Waals surface area contributed by atoms with Crippen molar-refractivity contribution in [3.05, 3.63) is 69.8 Å². The van der Waals surface area contributed by atoms with Crippen molar-refractivity contribution in [1.82, 2.24) is 0 Å². The Morgan fingerprint density at radius 1 is 0.642 bits per heavy atom. The van der Waals surface area contributed by atoms with Gasteiger partial charge in [0.1, 0.15) is 24.7 Å². The molecule has 0 amide bonds. The molecule has 2 aromatic carbocycles. The summed E-state index contributed by atoms with van der Waals surface area (Å²) in [6.45, 7) is 25.0. The molecular formula is C43H60O10. The molecule has 0 atom stereocenters. The van der Waals surface area contributed by atoms with Crippen molar-refractivity contribution in [2.75, 3.05) is 39.6 Å². The summed E-state index contributed by atoms with van der Waals surface area (Å²) in [6.07, 6.45) is 4.95. The molecule has 0 saturated carbocycles. The summed E-state index contributed by atoms with van der Waals surface area (Å²) >= 11 is 0. The molecule has 2 aromatic rings.